The second-order valence-electron chi connectivity index (χ2n) is 9.34. The third-order valence-corrected chi connectivity index (χ3v) is 7.35. The van der Waals surface area contributed by atoms with Gasteiger partial charge < -0.3 is 24.1 Å². The van der Waals surface area contributed by atoms with Gasteiger partial charge in [-0.15, -0.1) is 0 Å². The van der Waals surface area contributed by atoms with E-state index in [0.717, 1.165) is 51.5 Å². The number of ether oxygens (including phenoxy) is 4. The van der Waals surface area contributed by atoms with Crippen LogP contribution in [-0.4, -0.2) is 33.7 Å². The highest BCUT2D eigenvalue weighted by atomic mass is 28.3. The molecule has 0 bridgehead atoms. The molecule has 0 spiro atoms. The van der Waals surface area contributed by atoms with Gasteiger partial charge in [-0.2, -0.15) is 0 Å². The van der Waals surface area contributed by atoms with Crippen LogP contribution >= 0.6 is 0 Å². The van der Waals surface area contributed by atoms with Gasteiger partial charge in [0.25, 0.3) is 0 Å². The van der Waals surface area contributed by atoms with E-state index in [2.05, 4.69) is 43.5 Å². The highest BCUT2D eigenvalue weighted by Crippen LogP contribution is 2.52. The standard InChI is InChI=1S/C25H28O5Si/c1-27-20-7-5-16-11-15(9-10-31(2,3)4)18(12-26)23-17-6-8-21-24(30-14-29-21)19(17)13-28-25(20)22(16)23/h5-10,15,26H,11-14H2,1-4H3/b10-9+. The van der Waals surface area contributed by atoms with Crippen LogP contribution in [0.4, 0.5) is 0 Å². The number of allylic oxidation sites excluding steroid dienone is 1. The molecule has 31 heavy (non-hydrogen) atoms. The van der Waals surface area contributed by atoms with Gasteiger partial charge >= 0.3 is 0 Å². The molecule has 1 aliphatic carbocycles. The minimum absolute atomic E-state index is 0.0139. The number of rotatable bonds is 4. The predicted octanol–water partition coefficient (Wildman–Crippen LogP) is 4.72. The van der Waals surface area contributed by atoms with Crippen molar-refractivity contribution in [3.05, 3.63) is 63.9 Å². The molecule has 1 unspecified atom stereocenters. The van der Waals surface area contributed by atoms with Gasteiger partial charge in [0, 0.05) is 17.0 Å². The van der Waals surface area contributed by atoms with E-state index >= 15 is 0 Å². The number of methoxy groups -OCH3 is 1. The largest absolute Gasteiger partial charge is 0.493 e. The smallest absolute Gasteiger partial charge is 0.231 e. The average molecular weight is 437 g/mol. The summed E-state index contributed by atoms with van der Waals surface area (Å²) >= 11 is 0. The van der Waals surface area contributed by atoms with Gasteiger partial charge in [-0.25, -0.2) is 0 Å². The number of aliphatic hydroxyl groups is 1. The fourth-order valence-electron chi connectivity index (χ4n) is 4.70. The van der Waals surface area contributed by atoms with Crippen molar-refractivity contribution in [2.24, 2.45) is 5.92 Å². The first-order chi connectivity index (χ1) is 14.9. The molecular formula is C25H28O5Si. The normalized spacial score (nSPS) is 19.1. The summed E-state index contributed by atoms with van der Waals surface area (Å²) in [5, 5.41) is 10.6. The summed E-state index contributed by atoms with van der Waals surface area (Å²) < 4.78 is 23.4. The Morgan fingerprint density at radius 2 is 1.94 bits per heavy atom. The van der Waals surface area contributed by atoms with Gasteiger partial charge in [-0.3, -0.25) is 0 Å². The molecule has 0 radical (unpaired) electrons. The third kappa shape index (κ3) is 3.34. The molecule has 162 valence electrons. The first kappa shape index (κ1) is 20.2. The molecule has 1 N–H and O–H groups in total. The van der Waals surface area contributed by atoms with Crippen LogP contribution in [0.5, 0.6) is 23.0 Å². The number of fused-ring (bicyclic) bond motifs is 4. The van der Waals surface area contributed by atoms with Crippen LogP contribution in [0.15, 0.2) is 41.6 Å². The lowest BCUT2D eigenvalue weighted by molar-refractivity contribution is 0.171. The van der Waals surface area contributed by atoms with Crippen LogP contribution in [-0.2, 0) is 13.0 Å². The van der Waals surface area contributed by atoms with E-state index in [1.54, 1.807) is 7.11 Å². The topological polar surface area (TPSA) is 57.2 Å². The van der Waals surface area contributed by atoms with Crippen LogP contribution in [0.3, 0.4) is 0 Å². The van der Waals surface area contributed by atoms with E-state index in [0.29, 0.717) is 12.4 Å². The molecule has 1 atom stereocenters. The van der Waals surface area contributed by atoms with Crippen molar-refractivity contribution < 1.29 is 24.1 Å². The van der Waals surface area contributed by atoms with Gasteiger partial charge in [-0.1, -0.05) is 37.5 Å². The van der Waals surface area contributed by atoms with Crippen molar-refractivity contribution >= 4 is 13.6 Å². The molecule has 0 aromatic heterocycles. The molecular weight excluding hydrogens is 408 g/mol. The van der Waals surface area contributed by atoms with E-state index < -0.39 is 8.07 Å². The molecule has 5 rings (SSSR count). The Balaban J connectivity index is 1.80. The molecule has 2 aliphatic heterocycles. The lowest BCUT2D eigenvalue weighted by Crippen LogP contribution is -2.21. The maximum Gasteiger partial charge on any atom is 0.231 e. The molecule has 2 aromatic carbocycles. The number of aliphatic hydroxyl groups excluding tert-OH is 1. The average Bonchev–Trinajstić information content (AvgIpc) is 3.16. The summed E-state index contributed by atoms with van der Waals surface area (Å²) in [4.78, 5) is 0. The molecule has 0 fully saturated rings. The zero-order valence-corrected chi connectivity index (χ0v) is 19.5. The van der Waals surface area contributed by atoms with Crippen molar-refractivity contribution in [2.75, 3.05) is 20.5 Å². The van der Waals surface area contributed by atoms with Crippen molar-refractivity contribution in [3.63, 3.8) is 0 Å². The fourth-order valence-corrected chi connectivity index (χ4v) is 5.51. The molecule has 0 amide bonds. The first-order valence-corrected chi connectivity index (χ1v) is 14.3. The Kier molecular flexibility index (Phi) is 4.87. The SMILES string of the molecule is COc1ccc2c3c1OCc1c(ccc4c1OCO4)C3=C(CO)C(/C=C/[Si](C)(C)C)C2. The summed E-state index contributed by atoms with van der Waals surface area (Å²) in [6.07, 6.45) is 3.13. The maximum absolute atomic E-state index is 10.6. The van der Waals surface area contributed by atoms with Gasteiger partial charge in [0.05, 0.1) is 21.8 Å². The van der Waals surface area contributed by atoms with Crippen molar-refractivity contribution in [1.82, 2.24) is 0 Å². The molecule has 3 aliphatic rings. The van der Waals surface area contributed by atoms with E-state index in [1.165, 1.54) is 5.56 Å². The van der Waals surface area contributed by atoms with Gasteiger partial charge in [0.1, 0.15) is 6.61 Å². The summed E-state index contributed by atoms with van der Waals surface area (Å²) in [6, 6.07) is 8.13. The molecule has 5 nitrogen and oxygen atoms in total. The lowest BCUT2D eigenvalue weighted by Gasteiger charge is -2.30. The van der Waals surface area contributed by atoms with E-state index in [-0.39, 0.29) is 19.3 Å². The predicted molar refractivity (Wildman–Crippen MR) is 123 cm³/mol. The number of hydrogen-bond acceptors (Lipinski definition) is 5. The molecule has 2 heterocycles. The van der Waals surface area contributed by atoms with Gasteiger partial charge in [0.2, 0.25) is 6.79 Å². The van der Waals surface area contributed by atoms with Crippen molar-refractivity contribution in [2.45, 2.75) is 32.7 Å². The van der Waals surface area contributed by atoms with Crippen LogP contribution < -0.4 is 18.9 Å². The maximum atomic E-state index is 10.6. The highest BCUT2D eigenvalue weighted by molar-refractivity contribution is 6.80. The van der Waals surface area contributed by atoms with Crippen molar-refractivity contribution in [1.29, 1.82) is 0 Å². The monoisotopic (exact) mass is 436 g/mol. The van der Waals surface area contributed by atoms with Crippen molar-refractivity contribution in [3.8, 4) is 23.0 Å². The molecule has 0 saturated carbocycles. The van der Waals surface area contributed by atoms with Gasteiger partial charge in [-0.05, 0) is 46.9 Å². The zero-order chi connectivity index (χ0) is 21.8. The Morgan fingerprint density at radius 1 is 1.10 bits per heavy atom. The van der Waals surface area contributed by atoms with Gasteiger partial charge in [0.15, 0.2) is 23.0 Å². The number of benzene rings is 2. The number of hydrogen-bond donors (Lipinski definition) is 1. The van der Waals surface area contributed by atoms with E-state index in [9.17, 15) is 5.11 Å². The van der Waals surface area contributed by atoms with Crippen LogP contribution in [0, 0.1) is 5.92 Å². The molecule has 0 saturated heterocycles. The molecule has 6 heteroatoms. The highest BCUT2D eigenvalue weighted by Gasteiger charge is 2.35. The second kappa shape index (κ2) is 7.46. The minimum atomic E-state index is -1.38. The van der Waals surface area contributed by atoms with E-state index in [1.807, 2.05) is 12.1 Å². The third-order valence-electron chi connectivity index (χ3n) is 6.16. The second-order valence-corrected chi connectivity index (χ2v) is 14.4. The van der Waals surface area contributed by atoms with Crippen LogP contribution in [0.2, 0.25) is 19.6 Å². The zero-order valence-electron chi connectivity index (χ0n) is 18.5. The summed E-state index contributed by atoms with van der Waals surface area (Å²) in [7, 11) is 0.279. The Bertz CT molecular complexity index is 1110. The summed E-state index contributed by atoms with van der Waals surface area (Å²) in [5.41, 5.74) is 8.65. The van der Waals surface area contributed by atoms with Crippen LogP contribution in [0.1, 0.15) is 22.3 Å². The molecule has 2 aromatic rings. The van der Waals surface area contributed by atoms with E-state index in [4.69, 9.17) is 18.9 Å². The Morgan fingerprint density at radius 3 is 2.68 bits per heavy atom. The summed E-state index contributed by atoms with van der Waals surface area (Å²) in [5.74, 6) is 3.04. The fraction of sp³-hybridized carbons (Fsp3) is 0.360. The lowest BCUT2D eigenvalue weighted by atomic mass is 9.75. The quantitative estimate of drug-likeness (QED) is 0.703. The van der Waals surface area contributed by atoms with Crippen LogP contribution in [0.25, 0.3) is 5.57 Å². The Hall–Kier alpha value is -2.70. The summed E-state index contributed by atoms with van der Waals surface area (Å²) in [6.45, 7) is 7.52. The Labute approximate surface area is 183 Å². The first-order valence-electron chi connectivity index (χ1n) is 10.7. The minimum Gasteiger partial charge on any atom is -0.493 e.